The predicted octanol–water partition coefficient (Wildman–Crippen LogP) is 4.75. The second kappa shape index (κ2) is 11.0. The lowest BCUT2D eigenvalue weighted by Crippen LogP contribution is -2.44. The zero-order valence-corrected chi connectivity index (χ0v) is 21.2. The van der Waals surface area contributed by atoms with E-state index in [4.69, 9.17) is 4.74 Å². The molecule has 2 aliphatic heterocycles. The van der Waals surface area contributed by atoms with Crippen molar-refractivity contribution >= 4 is 28.7 Å². The van der Waals surface area contributed by atoms with Crippen molar-refractivity contribution in [3.05, 3.63) is 54.7 Å². The summed E-state index contributed by atoms with van der Waals surface area (Å²) in [5.74, 6) is -0.570. The van der Waals surface area contributed by atoms with Crippen molar-refractivity contribution in [1.82, 2.24) is 25.0 Å². The van der Waals surface area contributed by atoms with Crippen LogP contribution < -0.4 is 10.1 Å². The van der Waals surface area contributed by atoms with E-state index in [1.165, 1.54) is 11.0 Å². The Hall–Kier alpha value is -4.09. The number of anilines is 1. The number of halogens is 3. The van der Waals surface area contributed by atoms with Gasteiger partial charge in [0, 0.05) is 50.0 Å². The highest BCUT2D eigenvalue weighted by atomic mass is 19.4. The van der Waals surface area contributed by atoms with E-state index in [0.717, 1.165) is 12.8 Å². The number of rotatable bonds is 6. The number of likely N-dealkylation sites (tertiary alicyclic amines) is 2. The number of H-pyrrole nitrogens is 1. The molecule has 0 spiro atoms. The number of pyridine rings is 1. The van der Waals surface area contributed by atoms with Crippen LogP contribution in [0, 0.1) is 5.92 Å². The Labute approximate surface area is 223 Å². The van der Waals surface area contributed by atoms with Crippen LogP contribution in [0.2, 0.25) is 0 Å². The molecule has 1 unspecified atom stereocenters. The van der Waals surface area contributed by atoms with Gasteiger partial charge in [-0.15, -0.1) is 0 Å². The van der Waals surface area contributed by atoms with E-state index in [-0.39, 0.29) is 24.9 Å². The monoisotopic (exact) mass is 542 g/mol. The summed E-state index contributed by atoms with van der Waals surface area (Å²) in [6.07, 6.45) is 0.648. The molecule has 0 saturated carbocycles. The Morgan fingerprint density at radius 1 is 1.08 bits per heavy atom. The van der Waals surface area contributed by atoms with Crippen molar-refractivity contribution in [3.8, 4) is 11.5 Å². The van der Waals surface area contributed by atoms with Crippen LogP contribution in [0.25, 0.3) is 11.0 Å². The summed E-state index contributed by atoms with van der Waals surface area (Å²) in [5.41, 5.74) is 0.813. The van der Waals surface area contributed by atoms with E-state index in [1.54, 1.807) is 41.4 Å². The fourth-order valence-electron chi connectivity index (χ4n) is 5.13. The normalized spacial score (nSPS) is 20.1. The first-order valence-corrected chi connectivity index (χ1v) is 12.9. The zero-order valence-electron chi connectivity index (χ0n) is 21.2. The molecule has 4 heterocycles. The number of piperidine rings is 2. The molecule has 0 aliphatic carbocycles. The SMILES string of the molecule is C=CC(=O)N1CCC[C@@H](Nc2n[nH]c3nccc(Oc4ccc(C(=O)N5CCCC(C(F)(F)F)C5)cc4)c23)C1. The second-order valence-corrected chi connectivity index (χ2v) is 9.84. The topological polar surface area (TPSA) is 103 Å². The Balaban J connectivity index is 1.29. The summed E-state index contributed by atoms with van der Waals surface area (Å²) in [6, 6.07) is 8.00. The lowest BCUT2D eigenvalue weighted by atomic mass is 9.97. The molecule has 2 aliphatic rings. The summed E-state index contributed by atoms with van der Waals surface area (Å²) in [7, 11) is 0. The average molecular weight is 543 g/mol. The number of alkyl halides is 3. The van der Waals surface area contributed by atoms with Gasteiger partial charge in [-0.3, -0.25) is 14.7 Å². The number of aromatic amines is 1. The van der Waals surface area contributed by atoms with Crippen LogP contribution in [0.4, 0.5) is 19.0 Å². The number of benzene rings is 1. The molecule has 2 N–H and O–H groups in total. The van der Waals surface area contributed by atoms with Gasteiger partial charge in [-0.2, -0.15) is 18.3 Å². The number of fused-ring (bicyclic) bond motifs is 1. The standard InChI is InChI=1S/C27H29F3N6O3/c1-2-22(37)35-13-4-6-19(16-35)32-25-23-21(11-12-31-24(23)33-34-25)39-20-9-7-17(8-10-20)26(38)36-14-3-5-18(15-36)27(28,29)30/h2,7-12,18-19H,1,3-6,13-16H2,(H2,31,32,33,34)/t18?,19-/m1/s1. The maximum Gasteiger partial charge on any atom is 0.393 e. The quantitative estimate of drug-likeness (QED) is 0.436. The number of hydrogen-bond donors (Lipinski definition) is 2. The molecule has 5 rings (SSSR count). The number of amides is 2. The van der Waals surface area contributed by atoms with Crippen molar-refractivity contribution in [3.63, 3.8) is 0 Å². The van der Waals surface area contributed by atoms with Crippen molar-refractivity contribution in [2.75, 3.05) is 31.5 Å². The minimum atomic E-state index is -4.31. The van der Waals surface area contributed by atoms with Crippen molar-refractivity contribution in [2.24, 2.45) is 5.92 Å². The Morgan fingerprint density at radius 2 is 1.82 bits per heavy atom. The summed E-state index contributed by atoms with van der Waals surface area (Å²) in [6.45, 7) is 4.74. The number of nitrogens with one attached hydrogen (secondary N) is 2. The van der Waals surface area contributed by atoms with E-state index in [9.17, 15) is 22.8 Å². The van der Waals surface area contributed by atoms with Gasteiger partial charge in [-0.1, -0.05) is 6.58 Å². The molecular weight excluding hydrogens is 513 g/mol. The van der Waals surface area contributed by atoms with Crippen LogP contribution >= 0.6 is 0 Å². The fraction of sp³-hybridized carbons (Fsp3) is 0.407. The molecule has 206 valence electrons. The van der Waals surface area contributed by atoms with Crippen LogP contribution in [-0.2, 0) is 4.79 Å². The predicted molar refractivity (Wildman–Crippen MR) is 139 cm³/mol. The molecule has 2 amide bonds. The number of hydrogen-bond acceptors (Lipinski definition) is 6. The van der Waals surface area contributed by atoms with Crippen LogP contribution in [0.1, 0.15) is 36.0 Å². The Morgan fingerprint density at radius 3 is 2.56 bits per heavy atom. The lowest BCUT2D eigenvalue weighted by Gasteiger charge is -2.33. The maximum atomic E-state index is 13.2. The van der Waals surface area contributed by atoms with Gasteiger partial charge in [0.25, 0.3) is 5.91 Å². The number of ether oxygens (including phenoxy) is 1. The first-order chi connectivity index (χ1) is 18.7. The molecule has 2 atom stereocenters. The first kappa shape index (κ1) is 26.5. The number of carbonyl (C=O) groups excluding carboxylic acids is 2. The fourth-order valence-corrected chi connectivity index (χ4v) is 5.13. The van der Waals surface area contributed by atoms with E-state index < -0.39 is 18.0 Å². The summed E-state index contributed by atoms with van der Waals surface area (Å²) >= 11 is 0. The molecule has 2 saturated heterocycles. The number of nitrogens with zero attached hydrogens (tertiary/aromatic N) is 4. The molecule has 1 aromatic carbocycles. The van der Waals surface area contributed by atoms with Gasteiger partial charge < -0.3 is 19.9 Å². The third-order valence-electron chi connectivity index (χ3n) is 7.17. The smallest absolute Gasteiger partial charge is 0.393 e. The summed E-state index contributed by atoms with van der Waals surface area (Å²) in [4.78, 5) is 32.2. The van der Waals surface area contributed by atoms with E-state index in [1.807, 2.05) is 0 Å². The zero-order chi connectivity index (χ0) is 27.6. The largest absolute Gasteiger partial charge is 0.456 e. The van der Waals surface area contributed by atoms with Crippen LogP contribution in [0.5, 0.6) is 11.5 Å². The van der Waals surface area contributed by atoms with Crippen molar-refractivity contribution in [1.29, 1.82) is 0 Å². The van der Waals surface area contributed by atoms with Crippen LogP contribution in [0.15, 0.2) is 49.2 Å². The van der Waals surface area contributed by atoms with Gasteiger partial charge in [-0.05, 0) is 56.0 Å². The van der Waals surface area contributed by atoms with Gasteiger partial charge >= 0.3 is 6.18 Å². The molecule has 0 bridgehead atoms. The molecule has 2 aromatic heterocycles. The molecule has 39 heavy (non-hydrogen) atoms. The van der Waals surface area contributed by atoms with E-state index in [2.05, 4.69) is 27.1 Å². The van der Waals surface area contributed by atoms with Crippen LogP contribution in [-0.4, -0.2) is 75.2 Å². The summed E-state index contributed by atoms with van der Waals surface area (Å²) < 4.78 is 45.6. The third-order valence-corrected chi connectivity index (χ3v) is 7.17. The highest BCUT2D eigenvalue weighted by molar-refractivity contribution is 5.95. The Kier molecular flexibility index (Phi) is 7.45. The van der Waals surface area contributed by atoms with Crippen molar-refractivity contribution in [2.45, 2.75) is 37.9 Å². The van der Waals surface area contributed by atoms with Gasteiger partial charge in [-0.25, -0.2) is 4.98 Å². The molecular formula is C27H29F3N6O3. The second-order valence-electron chi connectivity index (χ2n) is 9.84. The third kappa shape index (κ3) is 5.84. The van der Waals surface area contributed by atoms with Crippen LogP contribution in [0.3, 0.4) is 0 Å². The molecule has 9 nitrogen and oxygen atoms in total. The Bertz CT molecular complexity index is 1360. The van der Waals surface area contributed by atoms with Gasteiger partial charge in [0.15, 0.2) is 11.5 Å². The number of aromatic nitrogens is 3. The highest BCUT2D eigenvalue weighted by Crippen LogP contribution is 2.35. The first-order valence-electron chi connectivity index (χ1n) is 12.9. The van der Waals surface area contributed by atoms with E-state index >= 15 is 0 Å². The van der Waals surface area contributed by atoms with Crippen molar-refractivity contribution < 1.29 is 27.5 Å². The van der Waals surface area contributed by atoms with Gasteiger partial charge in [0.2, 0.25) is 5.91 Å². The highest BCUT2D eigenvalue weighted by Gasteiger charge is 2.42. The molecule has 0 radical (unpaired) electrons. The number of carbonyl (C=O) groups is 2. The van der Waals surface area contributed by atoms with Gasteiger partial charge in [0.05, 0.1) is 5.92 Å². The molecule has 2 fully saturated rings. The lowest BCUT2D eigenvalue weighted by molar-refractivity contribution is -0.184. The molecule has 12 heteroatoms. The minimum Gasteiger partial charge on any atom is -0.456 e. The average Bonchev–Trinajstić information content (AvgIpc) is 3.36. The summed E-state index contributed by atoms with van der Waals surface area (Å²) in [5, 5.41) is 11.3. The minimum absolute atomic E-state index is 0.0146. The van der Waals surface area contributed by atoms with Gasteiger partial charge in [0.1, 0.15) is 16.9 Å². The van der Waals surface area contributed by atoms with E-state index in [0.29, 0.717) is 60.0 Å². The maximum absolute atomic E-state index is 13.2. The molecule has 3 aromatic rings.